The van der Waals surface area contributed by atoms with Crippen LogP contribution in [-0.2, 0) is 0 Å². The van der Waals surface area contributed by atoms with E-state index in [0.717, 1.165) is 52.1 Å². The third-order valence-corrected chi connectivity index (χ3v) is 4.93. The highest BCUT2D eigenvalue weighted by molar-refractivity contribution is 9.10. The molecule has 1 aliphatic heterocycles. The summed E-state index contributed by atoms with van der Waals surface area (Å²) < 4.78 is 0.995. The molecule has 0 bridgehead atoms. The number of hydrogen-bond donors (Lipinski definition) is 1. The molecule has 2 atom stereocenters. The summed E-state index contributed by atoms with van der Waals surface area (Å²) in [6, 6.07) is 12.0. The Labute approximate surface area is 163 Å². The fourth-order valence-corrected chi connectivity index (χ4v) is 3.48. The molecule has 0 saturated heterocycles. The van der Waals surface area contributed by atoms with Gasteiger partial charge in [-0.3, -0.25) is 15.0 Å². The zero-order valence-electron chi connectivity index (χ0n) is 15.2. The predicted molar refractivity (Wildman–Crippen MR) is 111 cm³/mol. The van der Waals surface area contributed by atoms with Crippen molar-refractivity contribution in [1.82, 2.24) is 4.98 Å². The van der Waals surface area contributed by atoms with Gasteiger partial charge in [-0.15, -0.1) is 0 Å². The number of hydrogen-bond acceptors (Lipinski definition) is 4. The van der Waals surface area contributed by atoms with Gasteiger partial charge < -0.3 is 5.11 Å². The number of nitrogens with zero attached hydrogens (tertiary/aromatic N) is 3. The van der Waals surface area contributed by atoms with Gasteiger partial charge in [0, 0.05) is 21.9 Å². The van der Waals surface area contributed by atoms with Gasteiger partial charge in [-0.2, -0.15) is 0 Å². The molecule has 4 nitrogen and oxygen atoms in total. The second-order valence-corrected chi connectivity index (χ2v) is 7.57. The second-order valence-electron chi connectivity index (χ2n) is 6.65. The van der Waals surface area contributed by atoms with Crippen LogP contribution in [0.15, 0.2) is 57.1 Å². The zero-order chi connectivity index (χ0) is 18.5. The minimum absolute atomic E-state index is 0.0157. The first-order valence-corrected chi connectivity index (χ1v) is 9.92. The van der Waals surface area contributed by atoms with E-state index in [0.29, 0.717) is 6.42 Å². The first-order valence-electron chi connectivity index (χ1n) is 9.13. The van der Waals surface area contributed by atoms with Gasteiger partial charge in [-0.05, 0) is 56.5 Å². The summed E-state index contributed by atoms with van der Waals surface area (Å²) in [6.45, 7) is 3.98. The molecule has 1 aromatic heterocycles. The summed E-state index contributed by atoms with van der Waals surface area (Å²) in [5, 5.41) is 9.72. The molecule has 0 radical (unpaired) electrons. The van der Waals surface area contributed by atoms with E-state index in [4.69, 9.17) is 9.98 Å². The molecule has 0 fully saturated rings. The Morgan fingerprint density at radius 2 is 2.08 bits per heavy atom. The minimum atomic E-state index is -0.341. The van der Waals surface area contributed by atoms with Gasteiger partial charge in [-0.25, -0.2) is 0 Å². The topological polar surface area (TPSA) is 57.8 Å². The van der Waals surface area contributed by atoms with E-state index >= 15 is 0 Å². The minimum Gasteiger partial charge on any atom is -0.393 e. The van der Waals surface area contributed by atoms with Crippen LogP contribution < -0.4 is 0 Å². The summed E-state index contributed by atoms with van der Waals surface area (Å²) in [5.74, 6) is 0. The molecule has 1 N–H and O–H groups in total. The summed E-state index contributed by atoms with van der Waals surface area (Å²) in [4.78, 5) is 14.6. The van der Waals surface area contributed by atoms with E-state index in [2.05, 4.69) is 33.9 Å². The van der Waals surface area contributed by atoms with Crippen molar-refractivity contribution in [2.45, 2.75) is 51.7 Å². The fraction of sp³-hybridized carbons (Fsp3) is 0.381. The maximum atomic E-state index is 9.72. The molecule has 2 aromatic rings. The quantitative estimate of drug-likeness (QED) is 0.715. The number of fused-ring (bicyclic) bond motifs is 1. The Balaban J connectivity index is 2.13. The third kappa shape index (κ3) is 4.46. The van der Waals surface area contributed by atoms with Gasteiger partial charge in [0.15, 0.2) is 0 Å². The number of aliphatic hydroxyl groups is 1. The van der Waals surface area contributed by atoms with Crippen LogP contribution in [-0.4, -0.2) is 33.7 Å². The molecule has 2 heterocycles. The third-order valence-electron chi connectivity index (χ3n) is 4.44. The van der Waals surface area contributed by atoms with Crippen molar-refractivity contribution in [3.63, 3.8) is 0 Å². The molecule has 1 aliphatic rings. The van der Waals surface area contributed by atoms with Crippen molar-refractivity contribution < 1.29 is 5.11 Å². The van der Waals surface area contributed by atoms with Gasteiger partial charge in [0.25, 0.3) is 0 Å². The number of rotatable bonds is 6. The molecule has 0 saturated carbocycles. The molecule has 1 aromatic carbocycles. The SMILES string of the molecule is CCC[C@@H]1N=C(c2ccccn2)c2cc(Br)ccc2N=C1CC[C@H](C)O. The molecule has 0 aliphatic carbocycles. The Hall–Kier alpha value is -1.85. The van der Waals surface area contributed by atoms with Crippen molar-refractivity contribution in [2.75, 3.05) is 0 Å². The highest BCUT2D eigenvalue weighted by Crippen LogP contribution is 2.31. The van der Waals surface area contributed by atoms with Gasteiger partial charge in [0.2, 0.25) is 0 Å². The van der Waals surface area contributed by atoms with Gasteiger partial charge in [0.1, 0.15) is 0 Å². The lowest BCUT2D eigenvalue weighted by Gasteiger charge is -2.15. The standard InChI is InChI=1S/C21H24BrN3O/c1-3-6-18-19(10-8-14(2)26)24-17-11-9-15(22)13-16(17)21(25-18)20-7-4-5-12-23-20/h4-5,7,9,11-14,18,26H,3,6,8,10H2,1-2H3/t14-,18-/m0/s1. The first kappa shape index (κ1) is 18.9. The van der Waals surface area contributed by atoms with Crippen LogP contribution in [0.25, 0.3) is 0 Å². The highest BCUT2D eigenvalue weighted by atomic mass is 79.9. The fourth-order valence-electron chi connectivity index (χ4n) is 3.12. The summed E-state index contributed by atoms with van der Waals surface area (Å²) in [6.07, 6.45) is 4.86. The van der Waals surface area contributed by atoms with Gasteiger partial charge in [-0.1, -0.05) is 35.3 Å². The maximum Gasteiger partial charge on any atom is 0.0933 e. The maximum absolute atomic E-state index is 9.72. The summed E-state index contributed by atoms with van der Waals surface area (Å²) in [7, 11) is 0. The van der Waals surface area contributed by atoms with Crippen LogP contribution >= 0.6 is 15.9 Å². The van der Waals surface area contributed by atoms with Crippen LogP contribution in [0.5, 0.6) is 0 Å². The number of aromatic nitrogens is 1. The van der Waals surface area contributed by atoms with Crippen molar-refractivity contribution in [2.24, 2.45) is 9.98 Å². The van der Waals surface area contributed by atoms with Gasteiger partial charge >= 0.3 is 0 Å². The first-order chi connectivity index (χ1) is 12.6. The number of halogens is 1. The number of pyridine rings is 1. The Bertz CT molecular complexity index is 815. The lowest BCUT2D eigenvalue weighted by molar-refractivity contribution is 0.187. The molecular weight excluding hydrogens is 390 g/mol. The van der Waals surface area contributed by atoms with E-state index in [1.54, 1.807) is 6.20 Å². The largest absolute Gasteiger partial charge is 0.393 e. The molecule has 0 unspecified atom stereocenters. The Kier molecular flexibility index (Phi) is 6.33. The molecular formula is C21H24BrN3O. The second kappa shape index (κ2) is 8.69. The van der Waals surface area contributed by atoms with Crippen molar-refractivity contribution in [1.29, 1.82) is 0 Å². The molecule has 0 spiro atoms. The lowest BCUT2D eigenvalue weighted by atomic mass is 10.0. The van der Waals surface area contributed by atoms with Crippen molar-refractivity contribution in [3.8, 4) is 0 Å². The van der Waals surface area contributed by atoms with Crippen molar-refractivity contribution in [3.05, 3.63) is 58.3 Å². The van der Waals surface area contributed by atoms with Crippen LogP contribution in [0.4, 0.5) is 5.69 Å². The van der Waals surface area contributed by atoms with Crippen LogP contribution in [0.2, 0.25) is 0 Å². The van der Waals surface area contributed by atoms with Crippen LogP contribution in [0.3, 0.4) is 0 Å². The van der Waals surface area contributed by atoms with Crippen LogP contribution in [0, 0.1) is 0 Å². The van der Waals surface area contributed by atoms with E-state index in [1.165, 1.54) is 0 Å². The average molecular weight is 414 g/mol. The molecule has 0 amide bonds. The molecule has 5 heteroatoms. The van der Waals surface area contributed by atoms with E-state index < -0.39 is 0 Å². The number of aliphatic hydroxyl groups excluding tert-OH is 1. The summed E-state index contributed by atoms with van der Waals surface area (Å²) in [5.41, 5.74) is 4.70. The Morgan fingerprint density at radius 1 is 1.23 bits per heavy atom. The highest BCUT2D eigenvalue weighted by Gasteiger charge is 2.23. The van der Waals surface area contributed by atoms with Crippen LogP contribution in [0.1, 0.15) is 50.8 Å². The Morgan fingerprint density at radius 3 is 2.77 bits per heavy atom. The summed E-state index contributed by atoms with van der Waals surface area (Å²) >= 11 is 3.57. The molecule has 3 rings (SSSR count). The van der Waals surface area contributed by atoms with E-state index in [-0.39, 0.29) is 12.1 Å². The zero-order valence-corrected chi connectivity index (χ0v) is 16.8. The lowest BCUT2D eigenvalue weighted by Crippen LogP contribution is -2.21. The molecule has 136 valence electrons. The normalized spacial score (nSPS) is 17.8. The average Bonchev–Trinajstić information content (AvgIpc) is 2.78. The molecule has 26 heavy (non-hydrogen) atoms. The predicted octanol–water partition coefficient (Wildman–Crippen LogP) is 5.10. The number of aliphatic imine (C=N–C) groups is 2. The van der Waals surface area contributed by atoms with Crippen molar-refractivity contribution >= 4 is 33.0 Å². The monoisotopic (exact) mass is 413 g/mol. The number of benzene rings is 1. The van der Waals surface area contributed by atoms with Gasteiger partial charge in [0.05, 0.1) is 29.2 Å². The van der Waals surface area contributed by atoms with E-state index in [9.17, 15) is 5.11 Å². The van der Waals surface area contributed by atoms with E-state index in [1.807, 2.05) is 37.3 Å². The smallest absolute Gasteiger partial charge is 0.0933 e.